The highest BCUT2D eigenvalue weighted by atomic mass is 35.5. The van der Waals surface area contributed by atoms with E-state index in [1.807, 2.05) is 17.8 Å². The molecule has 0 amide bonds. The van der Waals surface area contributed by atoms with Gasteiger partial charge in [0, 0.05) is 78.3 Å². The number of carboxylic acid groups (broad SMARTS) is 4. The number of carbonyl (C=O) groups is 4. The number of fused-ring (bicyclic) bond motifs is 2. The third kappa shape index (κ3) is 13.0. The summed E-state index contributed by atoms with van der Waals surface area (Å²) < 4.78 is 6.44. The lowest BCUT2D eigenvalue weighted by atomic mass is 9.97. The molecule has 4 rings (SSSR count). The predicted molar refractivity (Wildman–Crippen MR) is 153 cm³/mol. The highest BCUT2D eigenvalue weighted by Gasteiger charge is 2.25. The zero-order chi connectivity index (χ0) is 30.2. The van der Waals surface area contributed by atoms with Crippen LogP contribution in [0, 0.1) is 0 Å². The smallest absolute Gasteiger partial charge is 0.328 e. The van der Waals surface area contributed by atoms with E-state index in [9.17, 15) is 19.2 Å². The Morgan fingerprint density at radius 1 is 0.878 bits per heavy atom. The maximum Gasteiger partial charge on any atom is 0.328 e. The number of thioether (sulfide) groups is 1. The molecule has 13 heteroatoms. The lowest BCUT2D eigenvalue weighted by Gasteiger charge is -2.28. The summed E-state index contributed by atoms with van der Waals surface area (Å²) in [6, 6.07) is 14.8. The van der Waals surface area contributed by atoms with Gasteiger partial charge in [0.15, 0.2) is 0 Å². The largest absolute Gasteiger partial charge is 0.478 e. The molecule has 2 heterocycles. The van der Waals surface area contributed by atoms with Crippen molar-refractivity contribution in [3.05, 3.63) is 88.5 Å². The number of nitrogens with one attached hydrogen (secondary N) is 1. The summed E-state index contributed by atoms with van der Waals surface area (Å²) in [6.07, 6.45) is 2.19. The second-order valence-electron chi connectivity index (χ2n) is 8.53. The fourth-order valence-electron chi connectivity index (χ4n) is 3.80. The van der Waals surface area contributed by atoms with Crippen LogP contribution in [-0.2, 0) is 29.7 Å². The summed E-state index contributed by atoms with van der Waals surface area (Å²) >= 11 is 8.17. The Morgan fingerprint density at radius 3 is 2.00 bits per heavy atom. The molecule has 2 aliphatic rings. The number of benzene rings is 2. The zero-order valence-electron chi connectivity index (χ0n) is 21.9. The minimum Gasteiger partial charge on any atom is -0.478 e. The molecule has 0 aliphatic carbocycles. The van der Waals surface area contributed by atoms with Crippen LogP contribution in [0.4, 0.5) is 0 Å². The molecule has 220 valence electrons. The Kier molecular flexibility index (Phi) is 14.6. The first-order valence-electron chi connectivity index (χ1n) is 12.4. The second-order valence-corrected chi connectivity index (χ2v) is 9.99. The van der Waals surface area contributed by atoms with Crippen molar-refractivity contribution in [2.24, 2.45) is 0 Å². The number of rotatable bonds is 8. The number of aliphatic carboxylic acids is 4. The van der Waals surface area contributed by atoms with Crippen molar-refractivity contribution in [3.8, 4) is 0 Å². The topological polar surface area (TPSA) is 174 Å². The number of carboxylic acids is 4. The highest BCUT2D eigenvalue weighted by Crippen LogP contribution is 2.42. The first-order valence-corrected chi connectivity index (χ1v) is 13.8. The number of ether oxygens (including phenoxy) is 1. The van der Waals surface area contributed by atoms with Gasteiger partial charge in [-0.1, -0.05) is 35.9 Å². The summed E-state index contributed by atoms with van der Waals surface area (Å²) in [5.41, 5.74) is 3.83. The SMILES string of the molecule is Clc1ccc2c(c1)C(OCCN1CCNCC1)c1ccccc1CS2.O=C(O)/C=C\C(=O)O.O=C(O)/C=C\C(=O)O. The highest BCUT2D eigenvalue weighted by molar-refractivity contribution is 7.98. The normalized spacial score (nSPS) is 16.3. The monoisotopic (exact) mass is 606 g/mol. The molecule has 11 nitrogen and oxygen atoms in total. The van der Waals surface area contributed by atoms with Crippen LogP contribution >= 0.6 is 23.4 Å². The summed E-state index contributed by atoms with van der Waals surface area (Å²) in [7, 11) is 0. The van der Waals surface area contributed by atoms with Gasteiger partial charge in [-0.05, 0) is 29.3 Å². The third-order valence-corrected chi connectivity index (χ3v) is 6.99. The van der Waals surface area contributed by atoms with Gasteiger partial charge in [0.1, 0.15) is 6.10 Å². The fourth-order valence-corrected chi connectivity index (χ4v) is 5.05. The molecular formula is C28H31ClN2O9S. The summed E-state index contributed by atoms with van der Waals surface area (Å²) in [4.78, 5) is 42.0. The zero-order valence-corrected chi connectivity index (χ0v) is 23.5. The van der Waals surface area contributed by atoms with Gasteiger partial charge in [-0.15, -0.1) is 11.8 Å². The fraction of sp³-hybridized carbons (Fsp3) is 0.286. The number of nitrogens with zero attached hydrogens (tertiary/aromatic N) is 1. The van der Waals surface area contributed by atoms with Crippen LogP contribution in [0.2, 0.25) is 5.02 Å². The summed E-state index contributed by atoms with van der Waals surface area (Å²) in [6.45, 7) is 6.05. The van der Waals surface area contributed by atoms with Gasteiger partial charge in [0.05, 0.1) is 6.61 Å². The van der Waals surface area contributed by atoms with Gasteiger partial charge in [0.25, 0.3) is 0 Å². The number of hydrogen-bond acceptors (Lipinski definition) is 8. The van der Waals surface area contributed by atoms with Gasteiger partial charge >= 0.3 is 23.9 Å². The molecule has 0 aromatic heterocycles. The molecular weight excluding hydrogens is 576 g/mol. The van der Waals surface area contributed by atoms with Crippen molar-refractivity contribution < 1.29 is 44.3 Å². The van der Waals surface area contributed by atoms with Gasteiger partial charge in [-0.3, -0.25) is 4.90 Å². The van der Waals surface area contributed by atoms with E-state index in [4.69, 9.17) is 36.8 Å². The molecule has 1 fully saturated rings. The van der Waals surface area contributed by atoms with Crippen molar-refractivity contribution in [2.75, 3.05) is 39.3 Å². The molecule has 5 N–H and O–H groups in total. The van der Waals surface area contributed by atoms with Crippen molar-refractivity contribution in [3.63, 3.8) is 0 Å². The van der Waals surface area contributed by atoms with E-state index in [2.05, 4.69) is 46.6 Å². The number of halogens is 1. The quantitative estimate of drug-likeness (QED) is 0.278. The third-order valence-electron chi connectivity index (χ3n) is 5.61. The van der Waals surface area contributed by atoms with E-state index in [0.717, 1.165) is 50.1 Å². The average molecular weight is 607 g/mol. The first kappa shape index (κ1) is 33.5. The van der Waals surface area contributed by atoms with E-state index < -0.39 is 23.9 Å². The van der Waals surface area contributed by atoms with Gasteiger partial charge in [0.2, 0.25) is 0 Å². The first-order chi connectivity index (χ1) is 19.6. The Bertz CT molecular complexity index is 1200. The van der Waals surface area contributed by atoms with Crippen LogP contribution in [-0.4, -0.2) is 88.5 Å². The molecule has 0 spiro atoms. The van der Waals surface area contributed by atoms with Crippen LogP contribution in [0.5, 0.6) is 0 Å². The molecule has 2 aliphatic heterocycles. The molecule has 41 heavy (non-hydrogen) atoms. The summed E-state index contributed by atoms with van der Waals surface area (Å²) in [5, 5.41) is 35.4. The van der Waals surface area contributed by atoms with Crippen molar-refractivity contribution in [1.82, 2.24) is 10.2 Å². The second kappa shape index (κ2) is 17.9. The molecule has 2 aromatic rings. The van der Waals surface area contributed by atoms with Gasteiger partial charge < -0.3 is 30.5 Å². The van der Waals surface area contributed by atoms with E-state index in [0.29, 0.717) is 24.3 Å². The van der Waals surface area contributed by atoms with Crippen LogP contribution in [0.25, 0.3) is 0 Å². The molecule has 0 bridgehead atoms. The van der Waals surface area contributed by atoms with Gasteiger partial charge in [-0.2, -0.15) is 0 Å². The predicted octanol–water partition coefficient (Wildman–Crippen LogP) is 3.38. The molecule has 2 aromatic carbocycles. The molecule has 1 unspecified atom stereocenters. The van der Waals surface area contributed by atoms with Crippen LogP contribution in [0.1, 0.15) is 22.8 Å². The maximum absolute atomic E-state index is 9.55. The Labute approximate surface area is 246 Å². The minimum atomic E-state index is -1.26. The molecule has 0 radical (unpaired) electrons. The Hall–Kier alpha value is -3.68. The van der Waals surface area contributed by atoms with Crippen molar-refractivity contribution in [2.45, 2.75) is 16.8 Å². The molecule has 1 atom stereocenters. The lowest BCUT2D eigenvalue weighted by Crippen LogP contribution is -2.44. The molecule has 1 saturated heterocycles. The maximum atomic E-state index is 9.55. The van der Waals surface area contributed by atoms with Crippen molar-refractivity contribution >= 4 is 47.2 Å². The van der Waals surface area contributed by atoms with Crippen LogP contribution < -0.4 is 5.32 Å². The average Bonchev–Trinajstić information content (AvgIpc) is 3.09. The minimum absolute atomic E-state index is 0.0391. The van der Waals surface area contributed by atoms with Crippen molar-refractivity contribution in [1.29, 1.82) is 0 Å². The standard InChI is InChI=1S/C20H23ClN2OS.2C4H4O4/c21-16-5-6-19-18(13-16)20(17-4-2-1-3-15(17)14-25-19)24-12-11-23-9-7-22-8-10-23;2*5-3(6)1-2-4(7)8/h1-6,13,20,22H,7-12,14H2;2*1-2H,(H,5,6)(H,7,8)/b;2*2-1-. The van der Waals surface area contributed by atoms with E-state index >= 15 is 0 Å². The number of piperazine rings is 1. The molecule has 0 saturated carbocycles. The van der Waals surface area contributed by atoms with E-state index in [-0.39, 0.29) is 6.10 Å². The Morgan fingerprint density at radius 2 is 1.44 bits per heavy atom. The summed E-state index contributed by atoms with van der Waals surface area (Å²) in [5.74, 6) is -4.05. The van der Waals surface area contributed by atoms with E-state index in [1.54, 1.807) is 0 Å². The Balaban J connectivity index is 0.000000304. The number of hydrogen-bond donors (Lipinski definition) is 5. The van der Waals surface area contributed by atoms with E-state index in [1.165, 1.54) is 21.6 Å². The van der Waals surface area contributed by atoms with Crippen LogP contribution in [0.3, 0.4) is 0 Å². The van der Waals surface area contributed by atoms with Crippen LogP contribution in [0.15, 0.2) is 71.7 Å². The lowest BCUT2D eigenvalue weighted by molar-refractivity contribution is -0.134. The van der Waals surface area contributed by atoms with Gasteiger partial charge in [-0.25, -0.2) is 19.2 Å².